The summed E-state index contributed by atoms with van der Waals surface area (Å²) in [6.07, 6.45) is 2.11. The van der Waals surface area contributed by atoms with Gasteiger partial charge in [-0.1, -0.05) is 24.3 Å². The highest BCUT2D eigenvalue weighted by Gasteiger charge is 2.17. The summed E-state index contributed by atoms with van der Waals surface area (Å²) in [4.78, 5) is 4.02. The topological polar surface area (TPSA) is 43.8 Å². The maximum Gasteiger partial charge on any atom is 0.183 e. The summed E-state index contributed by atoms with van der Waals surface area (Å²) in [5.74, 6) is 0.409. The summed E-state index contributed by atoms with van der Waals surface area (Å²) in [7, 11) is 1.78. The van der Waals surface area contributed by atoms with Crippen LogP contribution in [0.2, 0.25) is 0 Å². The maximum atomic E-state index is 14.3. The van der Waals surface area contributed by atoms with E-state index in [9.17, 15) is 4.39 Å². The smallest absolute Gasteiger partial charge is 0.183 e. The fourth-order valence-electron chi connectivity index (χ4n) is 1.77. The lowest BCUT2D eigenvalue weighted by molar-refractivity contribution is 0.375. The first-order chi connectivity index (χ1) is 8.09. The fraction of sp³-hybridized carbons (Fsp3) is 0.308. The zero-order valence-electron chi connectivity index (χ0n) is 9.97. The second kappa shape index (κ2) is 4.67. The number of nitrogens with zero attached hydrogens (tertiary/aromatic N) is 2. The van der Waals surface area contributed by atoms with Crippen molar-refractivity contribution >= 4 is 0 Å². The van der Waals surface area contributed by atoms with Crippen LogP contribution in [-0.2, 0) is 7.05 Å². The van der Waals surface area contributed by atoms with Gasteiger partial charge in [-0.2, -0.15) is 0 Å². The van der Waals surface area contributed by atoms with Gasteiger partial charge in [0.25, 0.3) is 0 Å². The van der Waals surface area contributed by atoms with Crippen molar-refractivity contribution in [2.45, 2.75) is 19.1 Å². The zero-order valence-corrected chi connectivity index (χ0v) is 9.97. The lowest BCUT2D eigenvalue weighted by atomic mass is 10.0. The van der Waals surface area contributed by atoms with Crippen molar-refractivity contribution in [3.8, 4) is 0 Å². The molecule has 1 heterocycles. The molecule has 2 atom stereocenters. The lowest BCUT2D eigenvalue weighted by Gasteiger charge is -2.11. The first-order valence-corrected chi connectivity index (χ1v) is 5.56. The van der Waals surface area contributed by atoms with Gasteiger partial charge >= 0.3 is 0 Å². The van der Waals surface area contributed by atoms with Crippen molar-refractivity contribution in [2.75, 3.05) is 0 Å². The minimum Gasteiger partial charge on any atom is -0.335 e. The van der Waals surface area contributed by atoms with Crippen LogP contribution in [0, 0.1) is 0 Å². The van der Waals surface area contributed by atoms with Crippen molar-refractivity contribution in [2.24, 2.45) is 12.8 Å². The number of hydrogen-bond acceptors (Lipinski definition) is 2. The third-order valence-corrected chi connectivity index (χ3v) is 2.81. The number of nitrogens with two attached hydrogens (primary N) is 1. The monoisotopic (exact) mass is 233 g/mol. The number of rotatable bonds is 3. The van der Waals surface area contributed by atoms with E-state index in [1.54, 1.807) is 36.1 Å². The van der Waals surface area contributed by atoms with Crippen LogP contribution in [0.5, 0.6) is 0 Å². The minimum atomic E-state index is -1.21. The molecule has 0 amide bonds. The lowest BCUT2D eigenvalue weighted by Crippen LogP contribution is -2.07. The van der Waals surface area contributed by atoms with Gasteiger partial charge in [0.15, 0.2) is 6.17 Å². The average molecular weight is 233 g/mol. The number of alkyl halides is 1. The van der Waals surface area contributed by atoms with E-state index in [0.29, 0.717) is 11.4 Å². The first-order valence-electron chi connectivity index (χ1n) is 5.56. The SMILES string of the molecule is CC(N)c1cccc(C(F)c2nccn2C)c1. The molecule has 0 aliphatic carbocycles. The summed E-state index contributed by atoms with van der Waals surface area (Å²) in [6.45, 7) is 1.88. The van der Waals surface area contributed by atoms with Gasteiger partial charge in [-0.3, -0.25) is 0 Å². The maximum absolute atomic E-state index is 14.3. The van der Waals surface area contributed by atoms with E-state index in [0.717, 1.165) is 5.56 Å². The van der Waals surface area contributed by atoms with Crippen molar-refractivity contribution in [3.63, 3.8) is 0 Å². The second-order valence-corrected chi connectivity index (χ2v) is 4.22. The molecule has 90 valence electrons. The number of halogens is 1. The zero-order chi connectivity index (χ0) is 12.4. The van der Waals surface area contributed by atoms with Gasteiger partial charge in [0.2, 0.25) is 0 Å². The Kier molecular flexibility index (Phi) is 3.24. The molecule has 2 unspecified atom stereocenters. The van der Waals surface area contributed by atoms with E-state index in [4.69, 9.17) is 5.73 Å². The summed E-state index contributed by atoms with van der Waals surface area (Å²) in [6, 6.07) is 7.18. The molecule has 4 heteroatoms. The van der Waals surface area contributed by atoms with Gasteiger partial charge in [-0.25, -0.2) is 9.37 Å². The van der Waals surface area contributed by atoms with Crippen LogP contribution >= 0.6 is 0 Å². The molecule has 2 N–H and O–H groups in total. The van der Waals surface area contributed by atoms with Crippen LogP contribution in [0.15, 0.2) is 36.7 Å². The Morgan fingerprint density at radius 1 is 1.35 bits per heavy atom. The van der Waals surface area contributed by atoms with E-state index in [1.165, 1.54) is 0 Å². The standard InChI is InChI=1S/C13H16FN3/c1-9(15)10-4-3-5-11(8-10)12(14)13-16-6-7-17(13)2/h3-9,12H,15H2,1-2H3. The Morgan fingerprint density at radius 3 is 2.65 bits per heavy atom. The summed E-state index contributed by atoms with van der Waals surface area (Å²) in [5.41, 5.74) is 7.31. The summed E-state index contributed by atoms with van der Waals surface area (Å²) in [5, 5.41) is 0. The first kappa shape index (κ1) is 11.8. The number of aryl methyl sites for hydroxylation is 1. The third kappa shape index (κ3) is 2.36. The Balaban J connectivity index is 2.34. The summed E-state index contributed by atoms with van der Waals surface area (Å²) >= 11 is 0. The number of benzene rings is 1. The molecular formula is C13H16FN3. The molecule has 0 aliphatic rings. The largest absolute Gasteiger partial charge is 0.335 e. The van der Waals surface area contributed by atoms with E-state index >= 15 is 0 Å². The van der Waals surface area contributed by atoms with Gasteiger partial charge in [0.1, 0.15) is 5.82 Å². The molecule has 0 spiro atoms. The Morgan fingerprint density at radius 2 is 2.06 bits per heavy atom. The number of aromatic nitrogens is 2. The van der Waals surface area contributed by atoms with E-state index in [-0.39, 0.29) is 6.04 Å². The van der Waals surface area contributed by atoms with Crippen LogP contribution in [0.3, 0.4) is 0 Å². The number of imidazole rings is 1. The highest BCUT2D eigenvalue weighted by molar-refractivity contribution is 5.30. The quantitative estimate of drug-likeness (QED) is 0.885. The molecule has 0 saturated carbocycles. The summed E-state index contributed by atoms with van der Waals surface area (Å²) < 4.78 is 16.0. The average Bonchev–Trinajstić information content (AvgIpc) is 2.74. The van der Waals surface area contributed by atoms with E-state index in [2.05, 4.69) is 4.98 Å². The molecular weight excluding hydrogens is 217 g/mol. The van der Waals surface area contributed by atoms with Crippen LogP contribution in [0.1, 0.15) is 36.1 Å². The predicted molar refractivity (Wildman–Crippen MR) is 65.2 cm³/mol. The van der Waals surface area contributed by atoms with Gasteiger partial charge in [-0.05, 0) is 18.1 Å². The molecule has 0 radical (unpaired) electrons. The van der Waals surface area contributed by atoms with Crippen molar-refractivity contribution in [1.29, 1.82) is 0 Å². The highest BCUT2D eigenvalue weighted by Crippen LogP contribution is 2.26. The fourth-order valence-corrected chi connectivity index (χ4v) is 1.77. The van der Waals surface area contributed by atoms with Crippen molar-refractivity contribution in [1.82, 2.24) is 9.55 Å². The van der Waals surface area contributed by atoms with Gasteiger partial charge in [0.05, 0.1) is 0 Å². The van der Waals surface area contributed by atoms with Gasteiger partial charge in [0, 0.05) is 25.5 Å². The minimum absolute atomic E-state index is 0.0940. The normalized spacial score (nSPS) is 14.6. The molecule has 1 aromatic heterocycles. The molecule has 0 bridgehead atoms. The number of hydrogen-bond donors (Lipinski definition) is 1. The second-order valence-electron chi connectivity index (χ2n) is 4.22. The van der Waals surface area contributed by atoms with Crippen LogP contribution in [0.25, 0.3) is 0 Å². The highest BCUT2D eigenvalue weighted by atomic mass is 19.1. The van der Waals surface area contributed by atoms with Crippen LogP contribution in [0.4, 0.5) is 4.39 Å². The van der Waals surface area contributed by atoms with Crippen molar-refractivity contribution in [3.05, 3.63) is 53.6 Å². The Hall–Kier alpha value is -1.68. The molecule has 3 nitrogen and oxygen atoms in total. The third-order valence-electron chi connectivity index (χ3n) is 2.81. The van der Waals surface area contributed by atoms with E-state index < -0.39 is 6.17 Å². The molecule has 1 aromatic carbocycles. The Labute approximate surface area is 100 Å². The molecule has 0 aliphatic heterocycles. The molecule has 0 fully saturated rings. The van der Waals surface area contributed by atoms with Gasteiger partial charge in [-0.15, -0.1) is 0 Å². The predicted octanol–water partition coefficient (Wildman–Crippen LogP) is 2.50. The van der Waals surface area contributed by atoms with Crippen molar-refractivity contribution < 1.29 is 4.39 Å². The Bertz CT molecular complexity index is 505. The molecule has 2 rings (SSSR count). The van der Waals surface area contributed by atoms with E-state index in [1.807, 2.05) is 19.1 Å². The van der Waals surface area contributed by atoms with Crippen LogP contribution < -0.4 is 5.73 Å². The van der Waals surface area contributed by atoms with Crippen LogP contribution in [-0.4, -0.2) is 9.55 Å². The molecule has 0 saturated heterocycles. The molecule has 2 aromatic rings. The van der Waals surface area contributed by atoms with Gasteiger partial charge < -0.3 is 10.3 Å². The molecule has 17 heavy (non-hydrogen) atoms.